The number of halogens is 1. The minimum Gasteiger partial charge on any atom is -1.00 e. The van der Waals surface area contributed by atoms with Gasteiger partial charge in [0.25, 0.3) is 0 Å². The van der Waals surface area contributed by atoms with Gasteiger partial charge >= 0.3 is 0 Å². The van der Waals surface area contributed by atoms with Crippen LogP contribution in [0, 0.1) is 11.8 Å². The topological polar surface area (TPSA) is 13.7 Å². The molecule has 2 rings (SSSR count). The maximum absolute atomic E-state index is 6.06. The van der Waals surface area contributed by atoms with E-state index in [9.17, 15) is 0 Å². The van der Waals surface area contributed by atoms with Crippen LogP contribution in [0.3, 0.4) is 0 Å². The van der Waals surface area contributed by atoms with E-state index in [1.54, 1.807) is 7.11 Å². The third kappa shape index (κ3) is 5.34. The standard InChI is InChI=1S/C22H27NO.ClH/c1-4-23(5-2)19-13-12-18-22(24-3,20-14-8-6-9-15-20)21-16-10-7-11-17-21;/h6-11,14-17H,4-5,18-19H2,1-3H3;1H. The van der Waals surface area contributed by atoms with Crippen LogP contribution in [-0.4, -0.2) is 26.7 Å². The van der Waals surface area contributed by atoms with Crippen molar-refractivity contribution in [3.05, 3.63) is 71.8 Å². The van der Waals surface area contributed by atoms with Crippen LogP contribution in [0.2, 0.25) is 0 Å². The second kappa shape index (κ2) is 10.9. The highest BCUT2D eigenvalue weighted by Crippen LogP contribution is 2.36. The largest absolute Gasteiger partial charge is 1.00 e. The average molecular weight is 358 g/mol. The summed E-state index contributed by atoms with van der Waals surface area (Å²) in [4.78, 5) is 1.50. The van der Waals surface area contributed by atoms with Crippen LogP contribution in [-0.2, 0) is 10.3 Å². The summed E-state index contributed by atoms with van der Waals surface area (Å²) >= 11 is 0. The smallest absolute Gasteiger partial charge is 0.139 e. The van der Waals surface area contributed by atoms with Crippen molar-refractivity contribution in [1.82, 2.24) is 0 Å². The van der Waals surface area contributed by atoms with Gasteiger partial charge in [-0.1, -0.05) is 66.6 Å². The molecule has 0 radical (unpaired) electrons. The molecule has 0 aliphatic heterocycles. The number of quaternary nitrogens is 1. The van der Waals surface area contributed by atoms with Gasteiger partial charge in [-0.15, -0.1) is 0 Å². The van der Waals surface area contributed by atoms with Gasteiger partial charge in [-0.25, -0.2) is 0 Å². The second-order valence-corrected chi connectivity index (χ2v) is 5.93. The van der Waals surface area contributed by atoms with Crippen LogP contribution in [0.25, 0.3) is 0 Å². The average Bonchev–Trinajstić information content (AvgIpc) is 2.67. The normalized spacial score (nSPS) is 10.7. The van der Waals surface area contributed by atoms with Crippen LogP contribution in [0.15, 0.2) is 60.7 Å². The minimum absolute atomic E-state index is 0. The predicted molar refractivity (Wildman–Crippen MR) is 100.0 cm³/mol. The Balaban J connectivity index is 0.00000312. The van der Waals surface area contributed by atoms with Gasteiger partial charge in [0.15, 0.2) is 0 Å². The van der Waals surface area contributed by atoms with E-state index in [0.29, 0.717) is 6.42 Å². The highest BCUT2D eigenvalue weighted by atomic mass is 35.5. The third-order valence-electron chi connectivity index (χ3n) is 4.63. The van der Waals surface area contributed by atoms with E-state index in [2.05, 4.69) is 74.2 Å². The van der Waals surface area contributed by atoms with Crippen LogP contribution >= 0.6 is 0 Å². The molecule has 0 bridgehead atoms. The van der Waals surface area contributed by atoms with E-state index >= 15 is 0 Å². The summed E-state index contributed by atoms with van der Waals surface area (Å²) in [6.45, 7) is 7.51. The summed E-state index contributed by atoms with van der Waals surface area (Å²) < 4.78 is 6.06. The lowest BCUT2D eigenvalue weighted by molar-refractivity contribution is -0.889. The van der Waals surface area contributed by atoms with Gasteiger partial charge in [-0.3, -0.25) is 0 Å². The molecule has 0 aliphatic carbocycles. The molecule has 0 spiro atoms. The zero-order chi connectivity index (χ0) is 17.3. The van der Waals surface area contributed by atoms with Crippen LogP contribution in [0.5, 0.6) is 0 Å². The minimum atomic E-state index is -0.520. The maximum Gasteiger partial charge on any atom is 0.139 e. The molecular formula is C22H28ClNO. The first-order valence-electron chi connectivity index (χ1n) is 8.72. The molecule has 0 aliphatic rings. The summed E-state index contributed by atoms with van der Waals surface area (Å²) in [5.74, 6) is 6.73. The molecule has 0 aromatic heterocycles. The van der Waals surface area contributed by atoms with E-state index in [1.165, 1.54) is 4.90 Å². The van der Waals surface area contributed by atoms with Crippen molar-refractivity contribution in [1.29, 1.82) is 0 Å². The van der Waals surface area contributed by atoms with Gasteiger partial charge in [-0.2, -0.15) is 0 Å². The maximum atomic E-state index is 6.06. The van der Waals surface area contributed by atoms with Crippen molar-refractivity contribution >= 4 is 0 Å². The zero-order valence-electron chi connectivity index (χ0n) is 15.4. The Labute approximate surface area is 158 Å². The Kier molecular flexibility index (Phi) is 9.31. The van der Waals surface area contributed by atoms with Crippen molar-refractivity contribution in [2.75, 3.05) is 26.7 Å². The molecule has 2 aromatic rings. The molecule has 0 unspecified atom stereocenters. The Hall–Kier alpha value is -1.79. The Bertz CT molecular complexity index is 617. The number of nitrogens with one attached hydrogen (secondary N) is 1. The molecule has 0 heterocycles. The second-order valence-electron chi connectivity index (χ2n) is 5.93. The van der Waals surface area contributed by atoms with Gasteiger partial charge in [0.1, 0.15) is 12.1 Å². The first kappa shape index (κ1) is 21.3. The lowest BCUT2D eigenvalue weighted by Gasteiger charge is -2.32. The van der Waals surface area contributed by atoms with Gasteiger partial charge in [-0.05, 0) is 30.9 Å². The molecule has 0 saturated heterocycles. The van der Waals surface area contributed by atoms with E-state index in [-0.39, 0.29) is 12.4 Å². The van der Waals surface area contributed by atoms with Crippen molar-refractivity contribution in [2.24, 2.45) is 0 Å². The number of benzene rings is 2. The van der Waals surface area contributed by atoms with Gasteiger partial charge < -0.3 is 22.0 Å². The molecule has 0 fully saturated rings. The number of ether oxygens (including phenoxy) is 1. The predicted octanol–water partition coefficient (Wildman–Crippen LogP) is -0.101. The van der Waals surface area contributed by atoms with Crippen molar-refractivity contribution in [2.45, 2.75) is 25.9 Å². The summed E-state index contributed by atoms with van der Waals surface area (Å²) in [5.41, 5.74) is 1.76. The summed E-state index contributed by atoms with van der Waals surface area (Å²) in [5, 5.41) is 0. The molecular weight excluding hydrogens is 330 g/mol. The first-order valence-corrected chi connectivity index (χ1v) is 8.72. The van der Waals surface area contributed by atoms with Gasteiger partial charge in [0, 0.05) is 13.5 Å². The Morgan fingerprint density at radius 1 is 0.840 bits per heavy atom. The zero-order valence-corrected chi connectivity index (χ0v) is 16.1. The lowest BCUT2D eigenvalue weighted by Crippen LogP contribution is -3.11. The molecule has 0 atom stereocenters. The summed E-state index contributed by atoms with van der Waals surface area (Å²) in [6, 6.07) is 20.8. The highest BCUT2D eigenvalue weighted by Gasteiger charge is 2.33. The number of hydrogen-bond donors (Lipinski definition) is 1. The van der Waals surface area contributed by atoms with Crippen molar-refractivity contribution < 1.29 is 22.0 Å². The molecule has 25 heavy (non-hydrogen) atoms. The molecule has 2 aromatic carbocycles. The van der Waals surface area contributed by atoms with E-state index in [1.807, 2.05) is 12.1 Å². The van der Waals surface area contributed by atoms with Crippen molar-refractivity contribution in [3.63, 3.8) is 0 Å². The fraction of sp³-hybridized carbons (Fsp3) is 0.364. The third-order valence-corrected chi connectivity index (χ3v) is 4.63. The van der Waals surface area contributed by atoms with E-state index < -0.39 is 5.60 Å². The first-order chi connectivity index (χ1) is 11.8. The monoisotopic (exact) mass is 357 g/mol. The number of hydrogen-bond acceptors (Lipinski definition) is 1. The van der Waals surface area contributed by atoms with E-state index in [0.717, 1.165) is 30.8 Å². The van der Waals surface area contributed by atoms with Crippen LogP contribution < -0.4 is 17.3 Å². The molecule has 1 N–H and O–H groups in total. The Morgan fingerprint density at radius 3 is 1.72 bits per heavy atom. The molecule has 2 nitrogen and oxygen atoms in total. The molecule has 134 valence electrons. The fourth-order valence-electron chi connectivity index (χ4n) is 2.97. The molecule has 3 heteroatoms. The molecule has 0 amide bonds. The number of rotatable bonds is 7. The summed E-state index contributed by atoms with van der Waals surface area (Å²) in [6.07, 6.45) is 0.651. The van der Waals surface area contributed by atoms with Crippen LogP contribution in [0.1, 0.15) is 31.4 Å². The highest BCUT2D eigenvalue weighted by molar-refractivity contribution is 5.38. The fourth-order valence-corrected chi connectivity index (χ4v) is 2.97. The SMILES string of the molecule is CC[NH+](CC)CC#CCC(OC)(c1ccccc1)c1ccccc1.[Cl-]. The number of methoxy groups -OCH3 is 1. The lowest BCUT2D eigenvalue weighted by atomic mass is 9.83. The molecule has 0 saturated carbocycles. The van der Waals surface area contributed by atoms with Gasteiger partial charge in [0.05, 0.1) is 13.1 Å². The van der Waals surface area contributed by atoms with E-state index in [4.69, 9.17) is 4.74 Å². The quantitative estimate of drug-likeness (QED) is 0.683. The van der Waals surface area contributed by atoms with Crippen LogP contribution in [0.4, 0.5) is 0 Å². The summed E-state index contributed by atoms with van der Waals surface area (Å²) in [7, 11) is 1.78. The van der Waals surface area contributed by atoms with Gasteiger partial charge in [0.2, 0.25) is 0 Å². The van der Waals surface area contributed by atoms with Crippen molar-refractivity contribution in [3.8, 4) is 11.8 Å². The Morgan fingerprint density at radius 2 is 1.32 bits per heavy atom.